The molecule has 1 unspecified atom stereocenters. The van der Waals surface area contributed by atoms with Crippen LogP contribution in [-0.4, -0.2) is 25.3 Å². The zero-order chi connectivity index (χ0) is 14.2. The third-order valence-electron chi connectivity index (χ3n) is 4.56. The molecule has 112 valence electrons. The van der Waals surface area contributed by atoms with Crippen molar-refractivity contribution in [3.8, 4) is 0 Å². The number of hydrogen-bond acceptors (Lipinski definition) is 3. The zero-order valence-corrected chi connectivity index (χ0v) is 13.8. The normalized spacial score (nSPS) is 25.6. The maximum Gasteiger partial charge on any atom is 0.244 e. The summed E-state index contributed by atoms with van der Waals surface area (Å²) < 4.78 is 27.4. The molecule has 0 amide bonds. The quantitative estimate of drug-likeness (QED) is 0.785. The lowest BCUT2D eigenvalue weighted by molar-refractivity contribution is 0.288. The second-order valence-electron chi connectivity index (χ2n) is 5.75. The van der Waals surface area contributed by atoms with Gasteiger partial charge in [-0.2, -0.15) is 4.31 Å². The number of thiophene rings is 1. The molecule has 0 N–H and O–H groups in total. The van der Waals surface area contributed by atoms with Gasteiger partial charge in [-0.3, -0.25) is 0 Å². The third-order valence-corrected chi connectivity index (χ3v) is 7.99. The molecule has 2 fully saturated rings. The molecule has 0 aromatic carbocycles. The largest absolute Gasteiger partial charge is 0.244 e. The van der Waals surface area contributed by atoms with Gasteiger partial charge in [-0.25, -0.2) is 8.42 Å². The van der Waals surface area contributed by atoms with E-state index >= 15 is 0 Å². The second-order valence-corrected chi connectivity index (χ2v) is 8.91. The monoisotopic (exact) mass is 333 g/mol. The number of nitrogens with zero attached hydrogens (tertiary/aromatic N) is 1. The molecule has 0 spiro atoms. The Bertz CT molecular complexity index is 563. The minimum absolute atomic E-state index is 0.224. The van der Waals surface area contributed by atoms with Crippen molar-refractivity contribution in [2.24, 2.45) is 5.92 Å². The molecule has 6 heteroatoms. The summed E-state index contributed by atoms with van der Waals surface area (Å²) in [6.45, 7) is 0.676. The number of halogens is 1. The zero-order valence-electron chi connectivity index (χ0n) is 11.4. The average Bonchev–Trinajstić information content (AvgIpc) is 3.17. The molecule has 1 saturated carbocycles. The lowest BCUT2D eigenvalue weighted by Crippen LogP contribution is -2.39. The molecule has 1 aromatic heterocycles. The molecule has 0 radical (unpaired) electrons. The standard InChI is InChI=1S/C14H20ClNO2S2/c15-9-12-8-13(10-19-12)20(17,18)16-7-3-6-14(16)11-4-1-2-5-11/h8,10-11,14H,1-7,9H2. The van der Waals surface area contributed by atoms with Crippen molar-refractivity contribution in [3.05, 3.63) is 16.3 Å². The van der Waals surface area contributed by atoms with Crippen molar-refractivity contribution in [3.63, 3.8) is 0 Å². The molecule has 1 aromatic rings. The molecular formula is C14H20ClNO2S2. The molecule has 3 nitrogen and oxygen atoms in total. The van der Waals surface area contributed by atoms with Crippen LogP contribution in [-0.2, 0) is 15.9 Å². The lowest BCUT2D eigenvalue weighted by Gasteiger charge is -2.28. The van der Waals surface area contributed by atoms with Crippen LogP contribution in [0.25, 0.3) is 0 Å². The van der Waals surface area contributed by atoms with E-state index in [2.05, 4.69) is 0 Å². The van der Waals surface area contributed by atoms with Crippen molar-refractivity contribution >= 4 is 33.0 Å². The Morgan fingerprint density at radius 3 is 2.65 bits per heavy atom. The van der Waals surface area contributed by atoms with Crippen LogP contribution in [0.2, 0.25) is 0 Å². The highest BCUT2D eigenvalue weighted by Gasteiger charge is 2.40. The summed E-state index contributed by atoms with van der Waals surface area (Å²) in [5, 5.41) is 1.73. The Morgan fingerprint density at radius 2 is 2.00 bits per heavy atom. The number of rotatable bonds is 4. The molecule has 2 heterocycles. The predicted octanol–water partition coefficient (Wildman–Crippen LogP) is 3.83. The van der Waals surface area contributed by atoms with Crippen molar-refractivity contribution in [1.29, 1.82) is 0 Å². The van der Waals surface area contributed by atoms with Crippen LogP contribution in [0.3, 0.4) is 0 Å². The molecule has 1 saturated heterocycles. The fourth-order valence-electron chi connectivity index (χ4n) is 3.58. The van der Waals surface area contributed by atoms with Gasteiger partial charge in [0.25, 0.3) is 0 Å². The van der Waals surface area contributed by atoms with Crippen LogP contribution in [0, 0.1) is 5.92 Å². The molecule has 1 atom stereocenters. The molecule has 1 aliphatic heterocycles. The van der Waals surface area contributed by atoms with Gasteiger partial charge in [0.2, 0.25) is 10.0 Å². The second kappa shape index (κ2) is 5.95. The number of hydrogen-bond donors (Lipinski definition) is 0. The minimum Gasteiger partial charge on any atom is -0.207 e. The first-order valence-electron chi connectivity index (χ1n) is 7.28. The van der Waals surface area contributed by atoms with Gasteiger partial charge in [0.15, 0.2) is 0 Å². The number of sulfonamides is 1. The van der Waals surface area contributed by atoms with Gasteiger partial charge in [0.05, 0.1) is 10.8 Å². The average molecular weight is 334 g/mol. The van der Waals surface area contributed by atoms with Gasteiger partial charge in [-0.05, 0) is 37.7 Å². The Morgan fingerprint density at radius 1 is 1.25 bits per heavy atom. The smallest absolute Gasteiger partial charge is 0.207 e. The minimum atomic E-state index is -3.33. The Balaban J connectivity index is 1.85. The van der Waals surface area contributed by atoms with Gasteiger partial charge in [-0.1, -0.05) is 12.8 Å². The highest BCUT2D eigenvalue weighted by molar-refractivity contribution is 7.89. The van der Waals surface area contributed by atoms with Gasteiger partial charge >= 0.3 is 0 Å². The lowest BCUT2D eigenvalue weighted by atomic mass is 9.97. The van der Waals surface area contributed by atoms with Crippen LogP contribution < -0.4 is 0 Å². The van der Waals surface area contributed by atoms with Gasteiger partial charge in [-0.15, -0.1) is 22.9 Å². The van der Waals surface area contributed by atoms with Gasteiger partial charge in [0.1, 0.15) is 0 Å². The van der Waals surface area contributed by atoms with Gasteiger partial charge in [0, 0.05) is 22.8 Å². The molecular weight excluding hydrogens is 314 g/mol. The van der Waals surface area contributed by atoms with E-state index in [4.69, 9.17) is 11.6 Å². The van der Waals surface area contributed by atoms with Crippen LogP contribution in [0.5, 0.6) is 0 Å². The van der Waals surface area contributed by atoms with Crippen molar-refractivity contribution in [1.82, 2.24) is 4.31 Å². The molecule has 3 rings (SSSR count). The fourth-order valence-corrected chi connectivity index (χ4v) is 6.71. The topological polar surface area (TPSA) is 37.4 Å². The predicted molar refractivity (Wildman–Crippen MR) is 82.7 cm³/mol. The van der Waals surface area contributed by atoms with E-state index < -0.39 is 10.0 Å². The molecule has 2 aliphatic rings. The molecule has 0 bridgehead atoms. The maximum atomic E-state index is 12.8. The van der Waals surface area contributed by atoms with Crippen LogP contribution >= 0.6 is 22.9 Å². The summed E-state index contributed by atoms with van der Waals surface area (Å²) in [5.41, 5.74) is 0. The van der Waals surface area contributed by atoms with Crippen LogP contribution in [0.1, 0.15) is 43.4 Å². The summed E-state index contributed by atoms with van der Waals surface area (Å²) in [6, 6.07) is 1.96. The van der Waals surface area contributed by atoms with Crippen molar-refractivity contribution < 1.29 is 8.42 Å². The fraction of sp³-hybridized carbons (Fsp3) is 0.714. The summed E-state index contributed by atoms with van der Waals surface area (Å²) in [7, 11) is -3.33. The van der Waals surface area contributed by atoms with E-state index in [1.165, 1.54) is 37.0 Å². The summed E-state index contributed by atoms with van der Waals surface area (Å²) >= 11 is 7.22. The van der Waals surface area contributed by atoms with Crippen molar-refractivity contribution in [2.75, 3.05) is 6.54 Å². The summed E-state index contributed by atoms with van der Waals surface area (Å²) in [4.78, 5) is 1.35. The van der Waals surface area contributed by atoms with Gasteiger partial charge < -0.3 is 0 Å². The van der Waals surface area contributed by atoms with E-state index in [9.17, 15) is 8.42 Å². The van der Waals surface area contributed by atoms with Crippen LogP contribution in [0.4, 0.5) is 0 Å². The Hall–Kier alpha value is -0.100. The van der Waals surface area contributed by atoms with E-state index in [-0.39, 0.29) is 6.04 Å². The summed E-state index contributed by atoms with van der Waals surface area (Å²) in [6.07, 6.45) is 6.90. The van der Waals surface area contributed by atoms with Crippen LogP contribution in [0.15, 0.2) is 16.3 Å². The van der Waals surface area contributed by atoms with Crippen molar-refractivity contribution in [2.45, 2.75) is 55.3 Å². The third kappa shape index (κ3) is 2.65. The molecule has 20 heavy (non-hydrogen) atoms. The van der Waals surface area contributed by atoms with E-state index in [0.29, 0.717) is 23.2 Å². The first-order valence-corrected chi connectivity index (χ1v) is 10.1. The first kappa shape index (κ1) is 14.8. The maximum absolute atomic E-state index is 12.8. The summed E-state index contributed by atoms with van der Waals surface area (Å²) in [5.74, 6) is 0.949. The van der Waals surface area contributed by atoms with E-state index in [1.54, 1.807) is 15.8 Å². The SMILES string of the molecule is O=S(=O)(c1csc(CCl)c1)N1CCCC1C1CCCC1. The Labute approximate surface area is 130 Å². The Kier molecular flexibility index (Phi) is 4.41. The highest BCUT2D eigenvalue weighted by Crippen LogP contribution is 2.38. The number of alkyl halides is 1. The highest BCUT2D eigenvalue weighted by atomic mass is 35.5. The van der Waals surface area contributed by atoms with E-state index in [0.717, 1.165) is 17.7 Å². The first-order chi connectivity index (χ1) is 9.63. The molecule has 1 aliphatic carbocycles. The van der Waals surface area contributed by atoms with E-state index in [1.807, 2.05) is 0 Å².